The average Bonchev–Trinajstić information content (AvgIpc) is 2.60. The van der Waals surface area contributed by atoms with Crippen molar-refractivity contribution in [3.05, 3.63) is 89.5 Å². The van der Waals surface area contributed by atoms with E-state index in [-0.39, 0.29) is 10.9 Å². The summed E-state index contributed by atoms with van der Waals surface area (Å²) < 4.78 is 0. The Bertz CT molecular complexity index is 824. The van der Waals surface area contributed by atoms with Crippen molar-refractivity contribution in [3.63, 3.8) is 0 Å². The molecule has 0 saturated heterocycles. The average molecular weight is 336 g/mol. The third-order valence-electron chi connectivity index (χ3n) is 4.23. The first-order valence-corrected chi connectivity index (χ1v) is 10.5. The highest BCUT2D eigenvalue weighted by molar-refractivity contribution is 7.99. The third kappa shape index (κ3) is 3.19. The lowest BCUT2D eigenvalue weighted by Crippen LogP contribution is -2.05. The zero-order valence-electron chi connectivity index (χ0n) is 13.2. The highest BCUT2D eigenvalue weighted by atomic mass is 32.2. The van der Waals surface area contributed by atoms with E-state index in [1.54, 1.807) is 0 Å². The molecule has 1 unspecified atom stereocenters. The molecular weight excluding hydrogens is 316 g/mol. The molecule has 1 aliphatic heterocycles. The molecule has 114 valence electrons. The van der Waals surface area contributed by atoms with Gasteiger partial charge in [-0.25, -0.2) is 0 Å². The van der Waals surface area contributed by atoms with E-state index >= 15 is 0 Å². The summed E-state index contributed by atoms with van der Waals surface area (Å²) in [5.74, 6) is 1.12. The van der Waals surface area contributed by atoms with Crippen LogP contribution in [0.25, 0.3) is 0 Å². The van der Waals surface area contributed by atoms with E-state index in [9.17, 15) is 0 Å². The van der Waals surface area contributed by atoms with Gasteiger partial charge in [0.15, 0.2) is 4.90 Å². The van der Waals surface area contributed by atoms with Crippen LogP contribution in [0.4, 0.5) is 0 Å². The summed E-state index contributed by atoms with van der Waals surface area (Å²) in [7, 11) is 0.260. The highest BCUT2D eigenvalue weighted by Gasteiger charge is 2.19. The minimum atomic E-state index is 0.260. The molecule has 0 radical (unpaired) electrons. The molecule has 0 N–H and O–H groups in total. The molecule has 0 spiro atoms. The Morgan fingerprint density at radius 2 is 1.57 bits per heavy atom. The minimum absolute atomic E-state index is 0.260. The topological polar surface area (TPSA) is 0 Å². The monoisotopic (exact) mass is 335 g/mol. The molecule has 0 bridgehead atoms. The van der Waals surface area contributed by atoms with Crippen molar-refractivity contribution in [1.82, 2.24) is 0 Å². The minimum Gasteiger partial charge on any atom is -0.0895 e. The van der Waals surface area contributed by atoms with E-state index in [0.29, 0.717) is 0 Å². The number of hydrogen-bond donors (Lipinski definition) is 0. The molecule has 3 aromatic carbocycles. The van der Waals surface area contributed by atoms with Gasteiger partial charge in [-0.2, -0.15) is 0 Å². The van der Waals surface area contributed by atoms with Gasteiger partial charge in [0.1, 0.15) is 12.0 Å². The van der Waals surface area contributed by atoms with Gasteiger partial charge in [0.05, 0.1) is 0 Å². The lowest BCUT2D eigenvalue weighted by Gasteiger charge is -2.19. The number of rotatable bonds is 3. The summed E-state index contributed by atoms with van der Waals surface area (Å²) in [6.45, 7) is 0. The van der Waals surface area contributed by atoms with Crippen LogP contribution in [0.5, 0.6) is 0 Å². The molecule has 1 atom stereocenters. The molecule has 1 aliphatic rings. The molecule has 1 heterocycles. The van der Waals surface area contributed by atoms with Gasteiger partial charge in [-0.05, 0) is 41.8 Å². The van der Waals surface area contributed by atoms with Crippen molar-refractivity contribution in [2.24, 2.45) is 0 Å². The van der Waals surface area contributed by atoms with Crippen LogP contribution in [-0.4, -0.2) is 6.26 Å². The normalized spacial score (nSPS) is 14.0. The number of hydrogen-bond acceptors (Lipinski definition) is 1. The van der Waals surface area contributed by atoms with Crippen molar-refractivity contribution in [3.8, 4) is 0 Å². The maximum absolute atomic E-state index is 2.41. The number of fused-ring (bicyclic) bond motifs is 2. The first-order chi connectivity index (χ1) is 11.3. The van der Waals surface area contributed by atoms with Crippen molar-refractivity contribution in [2.45, 2.75) is 26.9 Å². The maximum atomic E-state index is 2.41. The predicted molar refractivity (Wildman–Crippen MR) is 102 cm³/mol. The second-order valence-corrected chi connectivity index (χ2v) is 9.04. The van der Waals surface area contributed by atoms with Crippen molar-refractivity contribution in [1.29, 1.82) is 0 Å². The number of benzene rings is 3. The first kappa shape index (κ1) is 14.9. The van der Waals surface area contributed by atoms with Crippen LogP contribution in [0.3, 0.4) is 0 Å². The van der Waals surface area contributed by atoms with E-state index in [2.05, 4.69) is 79.1 Å². The van der Waals surface area contributed by atoms with Gasteiger partial charge in [0.25, 0.3) is 0 Å². The fourth-order valence-electron chi connectivity index (χ4n) is 2.99. The second-order valence-electron chi connectivity index (χ2n) is 5.92. The lowest BCUT2D eigenvalue weighted by atomic mass is 10.0. The Morgan fingerprint density at radius 3 is 2.43 bits per heavy atom. The van der Waals surface area contributed by atoms with Gasteiger partial charge in [-0.3, -0.25) is 0 Å². The Labute approximate surface area is 145 Å². The molecule has 0 fully saturated rings. The first-order valence-electron chi connectivity index (χ1n) is 7.85. The second kappa shape index (κ2) is 6.46. The molecule has 0 aromatic heterocycles. The molecule has 0 saturated carbocycles. The van der Waals surface area contributed by atoms with Gasteiger partial charge in [0, 0.05) is 26.2 Å². The van der Waals surface area contributed by atoms with Crippen LogP contribution in [0.2, 0.25) is 0 Å². The van der Waals surface area contributed by atoms with Crippen molar-refractivity contribution >= 4 is 22.7 Å². The third-order valence-corrected chi connectivity index (χ3v) is 7.30. The van der Waals surface area contributed by atoms with E-state index in [1.807, 2.05) is 11.8 Å². The summed E-state index contributed by atoms with van der Waals surface area (Å²) in [6, 6.07) is 26.7. The van der Waals surface area contributed by atoms with E-state index in [1.165, 1.54) is 31.4 Å². The summed E-state index contributed by atoms with van der Waals surface area (Å²) >= 11 is 1.92. The van der Waals surface area contributed by atoms with E-state index in [4.69, 9.17) is 0 Å². The fraction of sp³-hybridized carbons (Fsp3) is 0.143. The smallest absolute Gasteiger partial charge is 0.0895 e. The molecule has 0 aliphatic carbocycles. The Balaban J connectivity index is 1.57. The molecule has 0 amide bonds. The van der Waals surface area contributed by atoms with Crippen molar-refractivity contribution in [2.75, 3.05) is 6.26 Å². The van der Waals surface area contributed by atoms with Crippen LogP contribution in [0.15, 0.2) is 87.5 Å². The Hall–Kier alpha value is -1.64. The van der Waals surface area contributed by atoms with E-state index < -0.39 is 0 Å². The van der Waals surface area contributed by atoms with Crippen LogP contribution in [-0.2, 0) is 23.1 Å². The van der Waals surface area contributed by atoms with Crippen LogP contribution in [0.1, 0.15) is 16.7 Å². The van der Waals surface area contributed by atoms with E-state index in [0.717, 1.165) is 12.2 Å². The predicted octanol–water partition coefficient (Wildman–Crippen LogP) is 5.55. The molecule has 4 rings (SSSR count). The molecule has 0 nitrogen and oxygen atoms in total. The standard InChI is InChI=1S/C21H19S2/c1-23(19-8-3-2-4-9-19)15-16-11-12-18-14-17-7-5-6-10-20(17)22-21(18)13-16/h2-13H,14-15H2,1H3/q+1. The van der Waals surface area contributed by atoms with Gasteiger partial charge in [0.2, 0.25) is 0 Å². The van der Waals surface area contributed by atoms with Gasteiger partial charge >= 0.3 is 0 Å². The molecule has 23 heavy (non-hydrogen) atoms. The highest BCUT2D eigenvalue weighted by Crippen LogP contribution is 2.40. The maximum Gasteiger partial charge on any atom is 0.154 e. The fourth-order valence-corrected chi connectivity index (χ4v) is 5.59. The largest absolute Gasteiger partial charge is 0.154 e. The molecule has 3 aromatic rings. The van der Waals surface area contributed by atoms with Crippen LogP contribution >= 0.6 is 11.8 Å². The zero-order chi connectivity index (χ0) is 15.6. The summed E-state index contributed by atoms with van der Waals surface area (Å²) in [5.41, 5.74) is 4.37. The van der Waals surface area contributed by atoms with Crippen LogP contribution < -0.4 is 0 Å². The van der Waals surface area contributed by atoms with Gasteiger partial charge < -0.3 is 0 Å². The van der Waals surface area contributed by atoms with Crippen molar-refractivity contribution < 1.29 is 0 Å². The molecule has 2 heteroatoms. The summed E-state index contributed by atoms with van der Waals surface area (Å²) in [5, 5.41) is 0. The van der Waals surface area contributed by atoms with Crippen LogP contribution in [0, 0.1) is 0 Å². The quantitative estimate of drug-likeness (QED) is 0.442. The summed E-state index contributed by atoms with van der Waals surface area (Å²) in [4.78, 5) is 4.30. The zero-order valence-corrected chi connectivity index (χ0v) is 14.8. The molecular formula is C21H19S2+. The van der Waals surface area contributed by atoms with Gasteiger partial charge in [-0.15, -0.1) is 0 Å². The lowest BCUT2D eigenvalue weighted by molar-refractivity contribution is 1.05. The Kier molecular flexibility index (Phi) is 4.19. The SMILES string of the molecule is C[S+](Cc1ccc2c(c1)Sc1ccccc1C2)c1ccccc1. The summed E-state index contributed by atoms with van der Waals surface area (Å²) in [6.07, 6.45) is 3.41. The Morgan fingerprint density at radius 1 is 0.826 bits per heavy atom. The van der Waals surface area contributed by atoms with Gasteiger partial charge in [-0.1, -0.05) is 60.3 Å².